The van der Waals surface area contributed by atoms with Crippen LogP contribution in [0.15, 0.2) is 11.1 Å². The van der Waals surface area contributed by atoms with Crippen molar-refractivity contribution in [2.45, 2.75) is 6.54 Å². The highest BCUT2D eigenvalue weighted by molar-refractivity contribution is 7.05. The Morgan fingerprint density at radius 1 is 1.85 bits per heavy atom. The standard InChI is InChI=1S/C7H12N4OS/c1-9-7(8)10-4-5-3-6(12-2)11-13-5/h3H,4H2,1-2H3,(H3,8,9,10). The monoisotopic (exact) mass is 200 g/mol. The van der Waals surface area contributed by atoms with Gasteiger partial charge < -0.3 is 15.8 Å². The molecule has 0 spiro atoms. The summed E-state index contributed by atoms with van der Waals surface area (Å²) in [5.41, 5.74) is 5.45. The predicted molar refractivity (Wildman–Crippen MR) is 53.1 cm³/mol. The number of hydrogen-bond donors (Lipinski definition) is 2. The average molecular weight is 200 g/mol. The van der Waals surface area contributed by atoms with Crippen LogP contribution in [0, 0.1) is 0 Å². The molecule has 0 radical (unpaired) electrons. The van der Waals surface area contributed by atoms with Crippen LogP contribution >= 0.6 is 11.5 Å². The minimum Gasteiger partial charge on any atom is -0.480 e. The van der Waals surface area contributed by atoms with E-state index in [1.807, 2.05) is 6.07 Å². The van der Waals surface area contributed by atoms with Crippen molar-refractivity contribution in [3.8, 4) is 5.88 Å². The smallest absolute Gasteiger partial charge is 0.225 e. The lowest BCUT2D eigenvalue weighted by molar-refractivity contribution is 0.402. The molecule has 0 bridgehead atoms. The zero-order valence-electron chi connectivity index (χ0n) is 7.57. The highest BCUT2D eigenvalue weighted by atomic mass is 32.1. The zero-order valence-corrected chi connectivity index (χ0v) is 8.39. The van der Waals surface area contributed by atoms with Crippen LogP contribution in [0.3, 0.4) is 0 Å². The van der Waals surface area contributed by atoms with Crippen molar-refractivity contribution in [1.82, 2.24) is 9.69 Å². The van der Waals surface area contributed by atoms with E-state index in [1.54, 1.807) is 14.2 Å². The van der Waals surface area contributed by atoms with Gasteiger partial charge in [-0.05, 0) is 11.5 Å². The molecule has 1 aromatic heterocycles. The first-order valence-corrected chi connectivity index (χ1v) is 4.49. The number of ether oxygens (including phenoxy) is 1. The fourth-order valence-electron chi connectivity index (χ4n) is 0.730. The first kappa shape index (κ1) is 9.79. The number of nitrogens with two attached hydrogens (primary N) is 1. The van der Waals surface area contributed by atoms with Crippen LogP contribution in [0.25, 0.3) is 0 Å². The van der Waals surface area contributed by atoms with Crippen LogP contribution in [0.5, 0.6) is 5.88 Å². The second-order valence-corrected chi connectivity index (χ2v) is 3.19. The topological polar surface area (TPSA) is 72.5 Å². The van der Waals surface area contributed by atoms with E-state index in [-0.39, 0.29) is 0 Å². The molecule has 0 amide bonds. The highest BCUT2D eigenvalue weighted by Gasteiger charge is 2.00. The van der Waals surface area contributed by atoms with E-state index in [0.29, 0.717) is 18.4 Å². The molecule has 0 unspecified atom stereocenters. The number of methoxy groups -OCH3 is 1. The molecule has 0 aliphatic heterocycles. The molecule has 6 heteroatoms. The molecule has 13 heavy (non-hydrogen) atoms. The first-order valence-electron chi connectivity index (χ1n) is 3.72. The highest BCUT2D eigenvalue weighted by Crippen LogP contribution is 2.15. The molecule has 1 aromatic rings. The Kier molecular flexibility index (Phi) is 3.51. The summed E-state index contributed by atoms with van der Waals surface area (Å²) in [7, 11) is 3.23. The fraction of sp³-hybridized carbons (Fsp3) is 0.429. The molecule has 5 nitrogen and oxygen atoms in total. The van der Waals surface area contributed by atoms with Gasteiger partial charge in [0.1, 0.15) is 0 Å². The van der Waals surface area contributed by atoms with Crippen molar-refractivity contribution in [3.05, 3.63) is 10.9 Å². The number of nitrogens with zero attached hydrogens (tertiary/aromatic N) is 2. The molecular weight excluding hydrogens is 188 g/mol. The van der Waals surface area contributed by atoms with Crippen molar-refractivity contribution < 1.29 is 4.74 Å². The van der Waals surface area contributed by atoms with E-state index in [9.17, 15) is 0 Å². The van der Waals surface area contributed by atoms with Crippen LogP contribution in [0.4, 0.5) is 0 Å². The Morgan fingerprint density at radius 2 is 2.62 bits per heavy atom. The summed E-state index contributed by atoms with van der Waals surface area (Å²) in [5.74, 6) is 1.06. The second-order valence-electron chi connectivity index (χ2n) is 2.30. The largest absolute Gasteiger partial charge is 0.480 e. The summed E-state index contributed by atoms with van der Waals surface area (Å²) >= 11 is 1.38. The van der Waals surface area contributed by atoms with E-state index in [1.165, 1.54) is 11.5 Å². The van der Waals surface area contributed by atoms with E-state index in [2.05, 4.69) is 14.7 Å². The van der Waals surface area contributed by atoms with E-state index >= 15 is 0 Å². The number of aromatic nitrogens is 1. The predicted octanol–water partition coefficient (Wildman–Crippen LogP) is 0.186. The number of rotatable bonds is 3. The Bertz CT molecular complexity index is 296. The molecule has 0 fully saturated rings. The van der Waals surface area contributed by atoms with Gasteiger partial charge in [-0.25, -0.2) is 0 Å². The van der Waals surface area contributed by atoms with Crippen LogP contribution in [-0.4, -0.2) is 24.5 Å². The van der Waals surface area contributed by atoms with E-state index < -0.39 is 0 Å². The SMILES string of the molecule is CN=C(N)NCc1cc(OC)ns1. The van der Waals surface area contributed by atoms with E-state index in [4.69, 9.17) is 10.5 Å². The van der Waals surface area contributed by atoms with Gasteiger partial charge in [0.15, 0.2) is 5.96 Å². The Balaban J connectivity index is 2.45. The third-order valence-corrected chi connectivity index (χ3v) is 2.20. The Labute approximate surface area is 80.8 Å². The summed E-state index contributed by atoms with van der Waals surface area (Å²) < 4.78 is 8.98. The van der Waals surface area contributed by atoms with Crippen LogP contribution < -0.4 is 15.8 Å². The third kappa shape index (κ3) is 2.90. The molecule has 1 rings (SSSR count). The lowest BCUT2D eigenvalue weighted by Gasteiger charge is -2.00. The Morgan fingerprint density at radius 3 is 3.15 bits per heavy atom. The van der Waals surface area contributed by atoms with E-state index in [0.717, 1.165) is 4.88 Å². The van der Waals surface area contributed by atoms with Gasteiger partial charge in [-0.1, -0.05) is 0 Å². The van der Waals surface area contributed by atoms with Gasteiger partial charge >= 0.3 is 0 Å². The molecule has 0 atom stereocenters. The molecule has 0 aliphatic carbocycles. The van der Waals surface area contributed by atoms with Crippen LogP contribution in [0.1, 0.15) is 4.88 Å². The average Bonchev–Trinajstić information content (AvgIpc) is 2.61. The summed E-state index contributed by atoms with van der Waals surface area (Å²) in [5, 5.41) is 2.93. The first-order chi connectivity index (χ1) is 6.26. The van der Waals surface area contributed by atoms with Gasteiger partial charge in [-0.2, -0.15) is 4.37 Å². The summed E-state index contributed by atoms with van der Waals surface area (Å²) in [6, 6.07) is 1.86. The van der Waals surface area contributed by atoms with Crippen molar-refractivity contribution in [3.63, 3.8) is 0 Å². The van der Waals surface area contributed by atoms with Gasteiger partial charge in [-0.15, -0.1) is 0 Å². The normalized spacial score (nSPS) is 11.4. The van der Waals surface area contributed by atoms with Gasteiger partial charge in [-0.3, -0.25) is 4.99 Å². The summed E-state index contributed by atoms with van der Waals surface area (Å²) in [6.45, 7) is 0.629. The lowest BCUT2D eigenvalue weighted by atomic mass is 10.5. The number of hydrogen-bond acceptors (Lipinski definition) is 4. The maximum atomic E-state index is 5.45. The van der Waals surface area contributed by atoms with Crippen LogP contribution in [-0.2, 0) is 6.54 Å². The lowest BCUT2D eigenvalue weighted by Crippen LogP contribution is -2.30. The van der Waals surface area contributed by atoms with Gasteiger partial charge in [0.05, 0.1) is 13.7 Å². The molecule has 0 aliphatic rings. The van der Waals surface area contributed by atoms with Crippen molar-refractivity contribution >= 4 is 17.5 Å². The number of nitrogens with one attached hydrogen (secondary N) is 1. The van der Waals surface area contributed by atoms with Gasteiger partial charge in [0.2, 0.25) is 5.88 Å². The molecule has 0 aromatic carbocycles. The van der Waals surface area contributed by atoms with Crippen LogP contribution in [0.2, 0.25) is 0 Å². The van der Waals surface area contributed by atoms with Gasteiger partial charge in [0.25, 0.3) is 0 Å². The van der Waals surface area contributed by atoms with Crippen molar-refractivity contribution in [2.24, 2.45) is 10.7 Å². The fourth-order valence-corrected chi connectivity index (χ4v) is 1.35. The molecule has 72 valence electrons. The minimum atomic E-state index is 0.423. The Hall–Kier alpha value is -1.30. The minimum absolute atomic E-state index is 0.423. The maximum Gasteiger partial charge on any atom is 0.225 e. The molecule has 3 N–H and O–H groups in total. The number of aliphatic imine (C=N–C) groups is 1. The summed E-state index contributed by atoms with van der Waals surface area (Å²) in [4.78, 5) is 4.83. The third-order valence-electron chi connectivity index (χ3n) is 1.43. The number of guanidine groups is 1. The molecule has 0 saturated heterocycles. The quantitative estimate of drug-likeness (QED) is 0.539. The van der Waals surface area contributed by atoms with Gasteiger partial charge in [0, 0.05) is 18.0 Å². The molecular formula is C7H12N4OS. The molecule has 1 heterocycles. The van der Waals surface area contributed by atoms with Crippen molar-refractivity contribution in [1.29, 1.82) is 0 Å². The molecule has 0 saturated carbocycles. The second kappa shape index (κ2) is 4.66. The maximum absolute atomic E-state index is 5.45. The summed E-state index contributed by atoms with van der Waals surface area (Å²) in [6.07, 6.45) is 0. The van der Waals surface area contributed by atoms with Crippen molar-refractivity contribution in [2.75, 3.05) is 14.2 Å². The zero-order chi connectivity index (χ0) is 9.68.